The number of nitrogens with one attached hydrogen (secondary N) is 3. The number of carbonyl (C=O) groups excluding carboxylic acids is 3. The Balaban J connectivity index is 1.65. The van der Waals surface area contributed by atoms with Crippen LogP contribution in [-0.4, -0.2) is 43.9 Å². The Bertz CT molecular complexity index is 1730. The molecule has 0 fully saturated rings. The number of fused-ring (bicyclic) bond motifs is 3. The highest BCUT2D eigenvalue weighted by Crippen LogP contribution is 2.43. The number of hydrogen-bond donors (Lipinski definition) is 4. The van der Waals surface area contributed by atoms with Gasteiger partial charge in [0.15, 0.2) is 0 Å². The Hall–Kier alpha value is -4.96. The van der Waals surface area contributed by atoms with Crippen molar-refractivity contribution < 1.29 is 23.9 Å². The highest BCUT2D eigenvalue weighted by atomic mass is 32.1. The molecule has 1 aliphatic heterocycles. The van der Waals surface area contributed by atoms with Gasteiger partial charge < -0.3 is 25.8 Å². The van der Waals surface area contributed by atoms with Crippen LogP contribution in [0.3, 0.4) is 0 Å². The number of nitrogens with two attached hydrogens (primary N) is 1. The number of carbonyl (C=O) groups is 3. The average molecular weight is 597 g/mol. The van der Waals surface area contributed by atoms with E-state index in [1.807, 2.05) is 19.2 Å². The fraction of sp³-hybridized carbons (Fsp3) is 0.212. The SMILES string of the molecule is COC(=O)c1cc(C(=O)NCC(C)C)ccc1-c1cc2c(cc1C(=O)Nc1ccc(C(=N)N)cc1)-c1sccc1CCO2. The molecule has 2 amide bonds. The zero-order chi connectivity index (χ0) is 30.7. The van der Waals surface area contributed by atoms with Gasteiger partial charge in [0.1, 0.15) is 11.6 Å². The molecule has 0 spiro atoms. The van der Waals surface area contributed by atoms with Gasteiger partial charge >= 0.3 is 5.97 Å². The summed E-state index contributed by atoms with van der Waals surface area (Å²) in [6.07, 6.45) is 0.723. The molecule has 5 rings (SSSR count). The van der Waals surface area contributed by atoms with E-state index in [9.17, 15) is 14.4 Å². The van der Waals surface area contributed by atoms with Crippen molar-refractivity contribution in [2.75, 3.05) is 25.6 Å². The van der Waals surface area contributed by atoms with Crippen molar-refractivity contribution in [3.05, 3.63) is 93.9 Å². The first kappa shape index (κ1) is 29.5. The second-order valence-corrected chi connectivity index (χ2v) is 11.5. The molecule has 0 aliphatic carbocycles. The van der Waals surface area contributed by atoms with E-state index in [-0.39, 0.29) is 23.2 Å². The Morgan fingerprint density at radius 3 is 2.40 bits per heavy atom. The van der Waals surface area contributed by atoms with Crippen LogP contribution in [0.25, 0.3) is 21.6 Å². The first-order chi connectivity index (χ1) is 20.7. The van der Waals surface area contributed by atoms with Crippen LogP contribution < -0.4 is 21.1 Å². The maximum absolute atomic E-state index is 13.9. The van der Waals surface area contributed by atoms with Crippen LogP contribution in [0, 0.1) is 11.3 Å². The minimum absolute atomic E-state index is 0.0747. The van der Waals surface area contributed by atoms with Crippen LogP contribution in [0.15, 0.2) is 66.0 Å². The Kier molecular flexibility index (Phi) is 8.58. The molecule has 3 aromatic carbocycles. The van der Waals surface area contributed by atoms with Crippen LogP contribution in [-0.2, 0) is 11.2 Å². The lowest BCUT2D eigenvalue weighted by molar-refractivity contribution is 0.0601. The first-order valence-corrected chi connectivity index (χ1v) is 14.7. The van der Waals surface area contributed by atoms with E-state index in [0.717, 1.165) is 22.4 Å². The molecule has 43 heavy (non-hydrogen) atoms. The summed E-state index contributed by atoms with van der Waals surface area (Å²) in [5.74, 6) is -0.594. The monoisotopic (exact) mass is 596 g/mol. The molecule has 0 radical (unpaired) electrons. The quantitative estimate of drug-likeness (QED) is 0.116. The number of nitrogen functional groups attached to an aromatic ring is 1. The van der Waals surface area contributed by atoms with Crippen LogP contribution in [0.4, 0.5) is 5.69 Å². The third-order valence-electron chi connectivity index (χ3n) is 7.09. The molecule has 4 aromatic rings. The predicted molar refractivity (Wildman–Crippen MR) is 168 cm³/mol. The van der Waals surface area contributed by atoms with Gasteiger partial charge in [0.05, 0.1) is 19.3 Å². The molecule has 0 atom stereocenters. The minimum atomic E-state index is -0.643. The molecule has 0 unspecified atom stereocenters. The van der Waals surface area contributed by atoms with E-state index < -0.39 is 11.9 Å². The number of amidine groups is 1. The minimum Gasteiger partial charge on any atom is -0.493 e. The van der Waals surface area contributed by atoms with Gasteiger partial charge in [-0.25, -0.2) is 4.79 Å². The molecule has 0 saturated carbocycles. The van der Waals surface area contributed by atoms with Gasteiger partial charge in [-0.05, 0) is 82.6 Å². The molecule has 1 aromatic heterocycles. The zero-order valence-electron chi connectivity index (χ0n) is 24.1. The lowest BCUT2D eigenvalue weighted by Crippen LogP contribution is -2.27. The van der Waals surface area contributed by atoms with Crippen molar-refractivity contribution in [3.8, 4) is 27.3 Å². The molecule has 9 nitrogen and oxygen atoms in total. The van der Waals surface area contributed by atoms with E-state index in [4.69, 9.17) is 20.6 Å². The van der Waals surface area contributed by atoms with Crippen LogP contribution in [0.1, 0.15) is 56.0 Å². The van der Waals surface area contributed by atoms with Gasteiger partial charge in [0.2, 0.25) is 0 Å². The van der Waals surface area contributed by atoms with Gasteiger partial charge in [0, 0.05) is 45.8 Å². The molecule has 220 valence electrons. The van der Waals surface area contributed by atoms with Crippen molar-refractivity contribution in [3.63, 3.8) is 0 Å². The average Bonchev–Trinajstić information content (AvgIpc) is 3.40. The van der Waals surface area contributed by atoms with Gasteiger partial charge in [-0.15, -0.1) is 11.3 Å². The number of ether oxygens (including phenoxy) is 2. The maximum Gasteiger partial charge on any atom is 0.338 e. The van der Waals surface area contributed by atoms with Crippen molar-refractivity contribution in [1.29, 1.82) is 5.41 Å². The molecule has 0 bridgehead atoms. The summed E-state index contributed by atoms with van der Waals surface area (Å²) in [7, 11) is 1.27. The summed E-state index contributed by atoms with van der Waals surface area (Å²) in [5.41, 5.74) is 10.2. The topological polar surface area (TPSA) is 144 Å². The van der Waals surface area contributed by atoms with E-state index in [1.54, 1.807) is 59.9 Å². The Morgan fingerprint density at radius 1 is 0.953 bits per heavy atom. The lowest BCUT2D eigenvalue weighted by Gasteiger charge is -2.18. The van der Waals surface area contributed by atoms with E-state index >= 15 is 0 Å². The highest BCUT2D eigenvalue weighted by molar-refractivity contribution is 7.13. The molecule has 1 aliphatic rings. The fourth-order valence-electron chi connectivity index (χ4n) is 4.86. The normalized spacial score (nSPS) is 11.9. The summed E-state index contributed by atoms with van der Waals surface area (Å²) in [6, 6.07) is 17.0. The van der Waals surface area contributed by atoms with Crippen molar-refractivity contribution in [1.82, 2.24) is 5.32 Å². The number of thiophene rings is 1. The highest BCUT2D eigenvalue weighted by Gasteiger charge is 2.26. The number of esters is 1. The molecule has 0 saturated heterocycles. The summed E-state index contributed by atoms with van der Waals surface area (Å²) < 4.78 is 11.2. The molecular formula is C33H32N4O5S. The number of amides is 2. The largest absolute Gasteiger partial charge is 0.493 e. The summed E-state index contributed by atoms with van der Waals surface area (Å²) >= 11 is 1.57. The number of anilines is 1. The second-order valence-electron chi connectivity index (χ2n) is 10.6. The number of rotatable bonds is 8. The Labute approximate surface area is 253 Å². The number of benzene rings is 3. The van der Waals surface area contributed by atoms with Gasteiger partial charge in [-0.1, -0.05) is 19.9 Å². The third kappa shape index (κ3) is 6.29. The maximum atomic E-state index is 13.9. The van der Waals surface area contributed by atoms with E-state index in [1.165, 1.54) is 13.2 Å². The molecule has 5 N–H and O–H groups in total. The molecular weight excluding hydrogens is 564 g/mol. The Morgan fingerprint density at radius 2 is 1.70 bits per heavy atom. The summed E-state index contributed by atoms with van der Waals surface area (Å²) in [5, 5.41) is 15.4. The molecule has 10 heteroatoms. The summed E-state index contributed by atoms with van der Waals surface area (Å²) in [6.45, 7) is 4.93. The van der Waals surface area contributed by atoms with Crippen LogP contribution >= 0.6 is 11.3 Å². The van der Waals surface area contributed by atoms with Crippen LogP contribution in [0.2, 0.25) is 0 Å². The van der Waals surface area contributed by atoms with Crippen molar-refractivity contribution in [2.24, 2.45) is 11.7 Å². The smallest absolute Gasteiger partial charge is 0.338 e. The third-order valence-corrected chi connectivity index (χ3v) is 8.08. The number of hydrogen-bond acceptors (Lipinski definition) is 7. The van der Waals surface area contributed by atoms with Crippen LogP contribution in [0.5, 0.6) is 5.75 Å². The second kappa shape index (κ2) is 12.5. The first-order valence-electron chi connectivity index (χ1n) is 13.8. The van der Waals surface area contributed by atoms with Gasteiger partial charge in [-0.3, -0.25) is 15.0 Å². The fourth-order valence-corrected chi connectivity index (χ4v) is 5.83. The summed E-state index contributed by atoms with van der Waals surface area (Å²) in [4.78, 5) is 40.9. The zero-order valence-corrected chi connectivity index (χ0v) is 24.9. The standard InChI is InChI=1S/C33H32N4O5S/c1-18(2)17-36-31(38)21-6-9-23(26(14-21)33(40)41-3)24-16-28-27(29-19(10-12-42-28)11-13-43-29)15-25(24)32(39)37-22-7-4-20(5-8-22)30(34)35/h4-9,11,13-16,18H,10,12,17H2,1-3H3,(H3,34,35)(H,36,38)(H,37,39). The molecule has 2 heterocycles. The van der Waals surface area contributed by atoms with Gasteiger partial charge in [-0.2, -0.15) is 0 Å². The lowest BCUT2D eigenvalue weighted by atomic mass is 9.91. The van der Waals surface area contributed by atoms with Crippen molar-refractivity contribution >= 4 is 40.6 Å². The van der Waals surface area contributed by atoms with Crippen molar-refractivity contribution in [2.45, 2.75) is 20.3 Å². The van der Waals surface area contributed by atoms with E-state index in [2.05, 4.69) is 16.7 Å². The van der Waals surface area contributed by atoms with Gasteiger partial charge in [0.25, 0.3) is 11.8 Å². The predicted octanol–water partition coefficient (Wildman–Crippen LogP) is 5.73. The van der Waals surface area contributed by atoms with E-state index in [0.29, 0.717) is 52.4 Å². The number of methoxy groups -OCH3 is 1.